The average Bonchev–Trinajstić information content (AvgIpc) is 2.52. The van der Waals surface area contributed by atoms with Gasteiger partial charge in [-0.05, 0) is 91.7 Å². The molecule has 0 aromatic carbocycles. The van der Waals surface area contributed by atoms with Crippen LogP contribution in [0.5, 0.6) is 0 Å². The Labute approximate surface area is 223 Å². The molecule has 212 valence electrons. The largest absolute Gasteiger partial charge is 0.669 e. The third-order valence-electron chi connectivity index (χ3n) is 4.10. The van der Waals surface area contributed by atoms with Crippen molar-refractivity contribution in [2.24, 2.45) is 0 Å². The third-order valence-corrected chi connectivity index (χ3v) is 32.4. The molecule has 0 saturated carbocycles. The van der Waals surface area contributed by atoms with Gasteiger partial charge in [0.05, 0.1) is 0 Å². The molecule has 0 aliphatic heterocycles. The molecule has 10 nitrogen and oxygen atoms in total. The molecule has 0 atom stereocenters. The minimum Gasteiger partial charge on any atom is -0.440 e. The maximum atomic E-state index is 6.61. The molecule has 0 N–H and O–H groups in total. The van der Waals surface area contributed by atoms with Crippen LogP contribution in [0.25, 0.3) is 0 Å². The monoisotopic (exact) mass is 640 g/mol. The van der Waals surface area contributed by atoms with Crippen LogP contribution in [0.4, 0.5) is 0 Å². The van der Waals surface area contributed by atoms with Gasteiger partial charge in [-0.1, -0.05) is 0 Å². The maximum Gasteiger partial charge on any atom is 0.669 e. The number of hydrogen-bond acceptors (Lipinski definition) is 10. The van der Waals surface area contributed by atoms with Crippen LogP contribution in [0, 0.1) is 0 Å². The predicted octanol–water partition coefficient (Wildman–Crippen LogP) is 4.67. The highest BCUT2D eigenvalue weighted by Gasteiger charge is 2.52. The van der Waals surface area contributed by atoms with Crippen molar-refractivity contribution in [3.63, 3.8) is 0 Å². The fraction of sp³-hybridized carbons (Fsp3) is 1.00. The molecule has 0 aromatic heterocycles. The molecule has 0 aromatic rings. The molecule has 0 rings (SSSR count). The molecule has 0 aliphatic rings. The first-order valence-electron chi connectivity index (χ1n) is 11.9. The SMILES string of the molecule is CO[Si](OC)(OC)O[Si](C)(C)O[Si](C)(C)O[Si](C)(C)O[Si](C)(C)O[Si](C)(C)O[Si](C)(C)O[SiH](C)C. The standard InChI is InChI=1S/C17H52O10Si8/c1-18-35(19-2,20-3)27-34(16,17)26-33(14,15)25-32(12,13)24-31(10,11)23-30(8,9)22-29(6,7)21-28(4)5/h28H,1-17H3. The summed E-state index contributed by atoms with van der Waals surface area (Å²) in [5.74, 6) is 0. The van der Waals surface area contributed by atoms with E-state index in [4.69, 9.17) is 42.1 Å². The summed E-state index contributed by atoms with van der Waals surface area (Å²) in [6.45, 7) is 28.6. The lowest BCUT2D eigenvalue weighted by molar-refractivity contribution is 0.0404. The molecular formula is C17H52O10Si8. The zero-order valence-corrected chi connectivity index (χ0v) is 33.3. The van der Waals surface area contributed by atoms with Gasteiger partial charge >= 0.3 is 60.4 Å². The van der Waals surface area contributed by atoms with Crippen molar-refractivity contribution in [2.75, 3.05) is 21.3 Å². The Kier molecular flexibility index (Phi) is 13.6. The molecule has 0 amide bonds. The van der Waals surface area contributed by atoms with Crippen LogP contribution in [0.3, 0.4) is 0 Å². The summed E-state index contributed by atoms with van der Waals surface area (Å²) in [7, 11) is -15.3. The molecule has 0 heterocycles. The quantitative estimate of drug-likeness (QED) is 0.209. The molecule has 35 heavy (non-hydrogen) atoms. The predicted molar refractivity (Wildman–Crippen MR) is 158 cm³/mol. The highest BCUT2D eigenvalue weighted by Crippen LogP contribution is 2.29. The van der Waals surface area contributed by atoms with Crippen molar-refractivity contribution in [1.29, 1.82) is 0 Å². The fourth-order valence-electron chi connectivity index (χ4n) is 4.33. The van der Waals surface area contributed by atoms with Crippen LogP contribution in [-0.4, -0.2) is 90.8 Å². The number of hydrogen-bond donors (Lipinski definition) is 0. The van der Waals surface area contributed by atoms with E-state index in [0.717, 1.165) is 0 Å². The molecule has 0 fully saturated rings. The van der Waals surface area contributed by atoms with Crippen molar-refractivity contribution in [1.82, 2.24) is 0 Å². The highest BCUT2D eigenvalue weighted by molar-refractivity contribution is 6.91. The maximum absolute atomic E-state index is 6.61. The zero-order valence-electron chi connectivity index (χ0n) is 25.2. The van der Waals surface area contributed by atoms with E-state index >= 15 is 0 Å². The Hall–Kier alpha value is 1.34. The minimum absolute atomic E-state index is 1.20. The second-order valence-electron chi connectivity index (χ2n) is 11.3. The van der Waals surface area contributed by atoms with Gasteiger partial charge in [0.1, 0.15) is 0 Å². The first-order valence-corrected chi connectivity index (χ1v) is 33.2. The van der Waals surface area contributed by atoms with Crippen LogP contribution in [0.2, 0.25) is 91.7 Å². The van der Waals surface area contributed by atoms with E-state index in [9.17, 15) is 0 Å². The van der Waals surface area contributed by atoms with Gasteiger partial charge in [-0.15, -0.1) is 0 Å². The van der Waals surface area contributed by atoms with Crippen LogP contribution in [-0.2, 0) is 42.1 Å². The van der Waals surface area contributed by atoms with Crippen LogP contribution in [0.15, 0.2) is 0 Å². The van der Waals surface area contributed by atoms with Gasteiger partial charge in [0.2, 0.25) is 0 Å². The lowest BCUT2D eigenvalue weighted by Gasteiger charge is -2.43. The van der Waals surface area contributed by atoms with Crippen LogP contribution < -0.4 is 0 Å². The Balaban J connectivity index is 5.34. The summed E-state index contributed by atoms with van der Waals surface area (Å²) in [4.78, 5) is 0. The molecule has 0 aliphatic carbocycles. The van der Waals surface area contributed by atoms with Gasteiger partial charge in [0.25, 0.3) is 0 Å². The second-order valence-corrected chi connectivity index (χ2v) is 38.3. The molecule has 0 radical (unpaired) electrons. The van der Waals surface area contributed by atoms with E-state index < -0.39 is 69.5 Å². The van der Waals surface area contributed by atoms with Crippen LogP contribution in [0.1, 0.15) is 0 Å². The fourth-order valence-corrected chi connectivity index (χ4v) is 39.8. The molecular weight excluding hydrogens is 589 g/mol. The zero-order chi connectivity index (χ0) is 28.1. The molecule has 0 saturated heterocycles. The number of rotatable bonds is 17. The van der Waals surface area contributed by atoms with Gasteiger partial charge in [-0.2, -0.15) is 0 Å². The minimum atomic E-state index is -3.25. The Morgan fingerprint density at radius 1 is 0.371 bits per heavy atom. The summed E-state index contributed by atoms with van der Waals surface area (Å²) in [6, 6.07) is 0. The Bertz CT molecular complexity index is 649. The topological polar surface area (TPSA) is 92.3 Å². The van der Waals surface area contributed by atoms with Gasteiger partial charge in [0.15, 0.2) is 9.04 Å². The van der Waals surface area contributed by atoms with Crippen molar-refractivity contribution >= 4 is 69.5 Å². The summed E-state index contributed by atoms with van der Waals surface area (Å²) in [6.07, 6.45) is 0. The van der Waals surface area contributed by atoms with Crippen molar-refractivity contribution in [3.05, 3.63) is 0 Å². The molecule has 0 spiro atoms. The van der Waals surface area contributed by atoms with E-state index in [1.807, 2.05) is 52.4 Å². The summed E-state index contributed by atoms with van der Waals surface area (Å²) < 4.78 is 61.3. The molecule has 0 unspecified atom stereocenters. The average molecular weight is 641 g/mol. The summed E-state index contributed by atoms with van der Waals surface area (Å²) in [5.41, 5.74) is 0. The van der Waals surface area contributed by atoms with Gasteiger partial charge in [-0.25, -0.2) is 0 Å². The van der Waals surface area contributed by atoms with E-state index in [0.29, 0.717) is 0 Å². The second kappa shape index (κ2) is 13.1. The lowest BCUT2D eigenvalue weighted by Crippen LogP contribution is -2.62. The third kappa shape index (κ3) is 14.9. The normalized spacial score (nSPS) is 15.3. The molecule has 0 bridgehead atoms. The first kappa shape index (κ1) is 36.3. The lowest BCUT2D eigenvalue weighted by atomic mass is 11.8. The van der Waals surface area contributed by atoms with E-state index in [-0.39, 0.29) is 0 Å². The van der Waals surface area contributed by atoms with Gasteiger partial charge in [-0.3, -0.25) is 0 Å². The first-order chi connectivity index (χ1) is 15.3. The van der Waals surface area contributed by atoms with Crippen molar-refractivity contribution in [2.45, 2.75) is 91.7 Å². The summed E-state index contributed by atoms with van der Waals surface area (Å²) >= 11 is 0. The van der Waals surface area contributed by atoms with Crippen LogP contribution >= 0.6 is 0 Å². The van der Waals surface area contributed by atoms with E-state index in [1.54, 1.807) is 0 Å². The molecule has 18 heteroatoms. The smallest absolute Gasteiger partial charge is 0.440 e. The highest BCUT2D eigenvalue weighted by atomic mass is 28.5. The van der Waals surface area contributed by atoms with Gasteiger partial charge in [0, 0.05) is 21.3 Å². The summed E-state index contributed by atoms with van der Waals surface area (Å²) in [5, 5.41) is 0. The Morgan fingerprint density at radius 2 is 0.600 bits per heavy atom. The van der Waals surface area contributed by atoms with E-state index in [2.05, 4.69) is 39.3 Å². The van der Waals surface area contributed by atoms with E-state index in [1.165, 1.54) is 21.3 Å². The van der Waals surface area contributed by atoms with Gasteiger partial charge < -0.3 is 42.1 Å². The Morgan fingerprint density at radius 3 is 0.829 bits per heavy atom. The van der Waals surface area contributed by atoms with Crippen molar-refractivity contribution < 1.29 is 42.1 Å². The van der Waals surface area contributed by atoms with Crippen molar-refractivity contribution in [3.8, 4) is 0 Å².